The summed E-state index contributed by atoms with van der Waals surface area (Å²) in [6, 6.07) is 14.0. The minimum atomic E-state index is -0.461. The molecule has 0 fully saturated rings. The lowest BCUT2D eigenvalue weighted by molar-refractivity contribution is -0.112. The number of hydrogen-bond donors (Lipinski definition) is 2. The zero-order valence-electron chi connectivity index (χ0n) is 13.9. The van der Waals surface area contributed by atoms with Crippen molar-refractivity contribution >= 4 is 17.3 Å². The van der Waals surface area contributed by atoms with Gasteiger partial charge in [0.1, 0.15) is 17.4 Å². The van der Waals surface area contributed by atoms with E-state index in [2.05, 4.69) is 5.32 Å². The topological polar surface area (TPSA) is 76.4 Å². The molecule has 0 aliphatic rings. The van der Waals surface area contributed by atoms with Crippen LogP contribution in [-0.4, -0.2) is 18.1 Å². The number of phenolic OH excluding ortho intramolecular Hbond substituents is 1. The second-order valence-electron chi connectivity index (χ2n) is 5.48. The van der Waals surface area contributed by atoms with Gasteiger partial charge < -0.3 is 15.3 Å². The molecule has 0 saturated heterocycles. The average molecular weight is 321 g/mol. The highest BCUT2D eigenvalue weighted by atomic mass is 16.3. The first-order valence-electron chi connectivity index (χ1n) is 7.43. The molecule has 2 rings (SSSR count). The molecule has 24 heavy (non-hydrogen) atoms. The maximum absolute atomic E-state index is 12.4. The SMILES string of the molecule is Cc1cccc(NC(=O)/C(C#N)=C\N(C)c2ccc(O)cc2)c1C. The summed E-state index contributed by atoms with van der Waals surface area (Å²) in [4.78, 5) is 14.0. The van der Waals surface area contributed by atoms with E-state index in [0.29, 0.717) is 5.69 Å². The number of carbonyl (C=O) groups is 1. The van der Waals surface area contributed by atoms with Crippen molar-refractivity contribution < 1.29 is 9.90 Å². The normalized spacial score (nSPS) is 10.8. The second-order valence-corrected chi connectivity index (χ2v) is 5.48. The van der Waals surface area contributed by atoms with Crippen molar-refractivity contribution in [2.75, 3.05) is 17.3 Å². The van der Waals surface area contributed by atoms with Gasteiger partial charge in [-0.2, -0.15) is 5.26 Å². The Hall–Kier alpha value is -3.26. The van der Waals surface area contributed by atoms with Gasteiger partial charge in [0.05, 0.1) is 0 Å². The molecule has 0 radical (unpaired) electrons. The number of nitrogens with one attached hydrogen (secondary N) is 1. The van der Waals surface area contributed by atoms with E-state index in [4.69, 9.17) is 0 Å². The molecule has 0 unspecified atom stereocenters. The molecule has 0 bridgehead atoms. The number of aryl methyl sites for hydroxylation is 1. The summed E-state index contributed by atoms with van der Waals surface area (Å²) < 4.78 is 0. The highest BCUT2D eigenvalue weighted by Crippen LogP contribution is 2.20. The molecule has 0 aromatic heterocycles. The number of anilines is 2. The zero-order valence-corrected chi connectivity index (χ0v) is 13.9. The van der Waals surface area contributed by atoms with Gasteiger partial charge in [-0.3, -0.25) is 4.79 Å². The van der Waals surface area contributed by atoms with Crippen LogP contribution in [0.1, 0.15) is 11.1 Å². The molecule has 2 aromatic rings. The molecule has 0 heterocycles. The van der Waals surface area contributed by atoms with Crippen LogP contribution in [0.2, 0.25) is 0 Å². The van der Waals surface area contributed by atoms with Crippen LogP contribution in [0.15, 0.2) is 54.2 Å². The summed E-state index contributed by atoms with van der Waals surface area (Å²) >= 11 is 0. The first-order chi connectivity index (χ1) is 11.4. The largest absolute Gasteiger partial charge is 0.508 e. The fourth-order valence-corrected chi connectivity index (χ4v) is 2.17. The lowest BCUT2D eigenvalue weighted by Gasteiger charge is -2.15. The van der Waals surface area contributed by atoms with Gasteiger partial charge in [0.2, 0.25) is 0 Å². The summed E-state index contributed by atoms with van der Waals surface area (Å²) in [5.74, 6) is -0.305. The molecule has 2 aromatic carbocycles. The van der Waals surface area contributed by atoms with Gasteiger partial charge in [0.15, 0.2) is 0 Å². The average Bonchev–Trinajstić information content (AvgIpc) is 2.57. The number of benzene rings is 2. The quantitative estimate of drug-likeness (QED) is 0.667. The Kier molecular flexibility index (Phi) is 5.23. The summed E-state index contributed by atoms with van der Waals surface area (Å²) in [6.45, 7) is 3.88. The number of nitriles is 1. The third-order valence-electron chi connectivity index (χ3n) is 3.80. The zero-order chi connectivity index (χ0) is 17.7. The van der Waals surface area contributed by atoms with Gasteiger partial charge in [-0.15, -0.1) is 0 Å². The fraction of sp³-hybridized carbons (Fsp3) is 0.158. The van der Waals surface area contributed by atoms with E-state index in [0.717, 1.165) is 16.8 Å². The molecule has 122 valence electrons. The number of rotatable bonds is 4. The van der Waals surface area contributed by atoms with Crippen molar-refractivity contribution in [2.24, 2.45) is 0 Å². The monoisotopic (exact) mass is 321 g/mol. The predicted molar refractivity (Wildman–Crippen MR) is 94.8 cm³/mol. The third kappa shape index (κ3) is 3.93. The van der Waals surface area contributed by atoms with Crippen LogP contribution in [0, 0.1) is 25.2 Å². The van der Waals surface area contributed by atoms with Crippen molar-refractivity contribution in [2.45, 2.75) is 13.8 Å². The molecule has 2 N–H and O–H groups in total. The van der Waals surface area contributed by atoms with Gasteiger partial charge in [-0.1, -0.05) is 12.1 Å². The number of amides is 1. The van der Waals surface area contributed by atoms with E-state index >= 15 is 0 Å². The first-order valence-corrected chi connectivity index (χ1v) is 7.43. The number of hydrogen-bond acceptors (Lipinski definition) is 4. The van der Waals surface area contributed by atoms with Crippen LogP contribution in [0.3, 0.4) is 0 Å². The van der Waals surface area contributed by atoms with Gasteiger partial charge in [0.25, 0.3) is 5.91 Å². The summed E-state index contributed by atoms with van der Waals surface area (Å²) in [7, 11) is 1.73. The van der Waals surface area contributed by atoms with E-state index in [9.17, 15) is 15.2 Å². The Labute approximate surface area is 141 Å². The highest BCUT2D eigenvalue weighted by molar-refractivity contribution is 6.07. The van der Waals surface area contributed by atoms with E-state index in [1.165, 1.54) is 6.20 Å². The molecule has 5 heteroatoms. The van der Waals surface area contributed by atoms with Gasteiger partial charge >= 0.3 is 0 Å². The number of aromatic hydroxyl groups is 1. The molecule has 0 spiro atoms. The van der Waals surface area contributed by atoms with Crippen molar-refractivity contribution in [3.05, 3.63) is 65.4 Å². The molecule has 0 atom stereocenters. The van der Waals surface area contributed by atoms with Crippen molar-refractivity contribution in [3.8, 4) is 11.8 Å². The maximum Gasteiger partial charge on any atom is 0.267 e. The van der Waals surface area contributed by atoms with Gasteiger partial charge in [0, 0.05) is 24.6 Å². The van der Waals surface area contributed by atoms with Crippen LogP contribution >= 0.6 is 0 Å². The maximum atomic E-state index is 12.4. The Morgan fingerprint density at radius 3 is 2.50 bits per heavy atom. The van der Waals surface area contributed by atoms with E-state index < -0.39 is 5.91 Å². The molecule has 1 amide bonds. The van der Waals surface area contributed by atoms with Crippen molar-refractivity contribution in [1.82, 2.24) is 0 Å². The highest BCUT2D eigenvalue weighted by Gasteiger charge is 2.12. The van der Waals surface area contributed by atoms with E-state index in [1.807, 2.05) is 32.0 Å². The van der Waals surface area contributed by atoms with Gasteiger partial charge in [-0.05, 0) is 55.3 Å². The van der Waals surface area contributed by atoms with Crippen LogP contribution in [0.5, 0.6) is 5.75 Å². The molecular weight excluding hydrogens is 302 g/mol. The third-order valence-corrected chi connectivity index (χ3v) is 3.80. The Bertz CT molecular complexity index is 817. The molecule has 0 aliphatic carbocycles. The first kappa shape index (κ1) is 17.1. The Morgan fingerprint density at radius 2 is 1.88 bits per heavy atom. The number of nitrogens with zero attached hydrogens (tertiary/aromatic N) is 2. The Morgan fingerprint density at radius 1 is 1.21 bits per heavy atom. The van der Waals surface area contributed by atoms with Gasteiger partial charge in [-0.25, -0.2) is 0 Å². The van der Waals surface area contributed by atoms with E-state index in [1.54, 1.807) is 42.3 Å². The number of carbonyl (C=O) groups excluding carboxylic acids is 1. The van der Waals surface area contributed by atoms with Crippen molar-refractivity contribution in [3.63, 3.8) is 0 Å². The van der Waals surface area contributed by atoms with E-state index in [-0.39, 0.29) is 11.3 Å². The van der Waals surface area contributed by atoms with Crippen LogP contribution in [0.25, 0.3) is 0 Å². The number of phenols is 1. The molecule has 0 saturated carbocycles. The fourth-order valence-electron chi connectivity index (χ4n) is 2.17. The van der Waals surface area contributed by atoms with Crippen LogP contribution in [-0.2, 0) is 4.79 Å². The van der Waals surface area contributed by atoms with Crippen LogP contribution in [0.4, 0.5) is 11.4 Å². The summed E-state index contributed by atoms with van der Waals surface area (Å²) in [5, 5.41) is 21.4. The minimum absolute atomic E-state index is 0.00789. The summed E-state index contributed by atoms with van der Waals surface area (Å²) in [5.41, 5.74) is 3.46. The molecule has 5 nitrogen and oxygen atoms in total. The second kappa shape index (κ2) is 7.34. The van der Waals surface area contributed by atoms with Crippen molar-refractivity contribution in [1.29, 1.82) is 5.26 Å². The van der Waals surface area contributed by atoms with Crippen LogP contribution < -0.4 is 10.2 Å². The predicted octanol–water partition coefficient (Wildman–Crippen LogP) is 3.49. The standard InChI is InChI=1S/C19H19N3O2/c1-13-5-4-6-18(14(13)2)21-19(24)15(11-20)12-22(3)16-7-9-17(23)10-8-16/h4-10,12,23H,1-3H3,(H,21,24)/b15-12-. The lowest BCUT2D eigenvalue weighted by Crippen LogP contribution is -2.18. The minimum Gasteiger partial charge on any atom is -0.508 e. The molecule has 0 aliphatic heterocycles. The smallest absolute Gasteiger partial charge is 0.267 e. The molecular formula is C19H19N3O2. The Balaban J connectivity index is 2.20. The lowest BCUT2D eigenvalue weighted by atomic mass is 10.1. The summed E-state index contributed by atoms with van der Waals surface area (Å²) in [6.07, 6.45) is 1.47.